The summed E-state index contributed by atoms with van der Waals surface area (Å²) in [6.45, 7) is 8.98. The number of unbranched alkanes of at least 4 members (excludes halogenated alkanes) is 2. The Hall–Kier alpha value is -0.820. The third-order valence-corrected chi connectivity index (χ3v) is 3.61. The Morgan fingerprint density at radius 2 is 1.72 bits per heavy atom. The Kier molecular flexibility index (Phi) is 7.04. The van der Waals surface area contributed by atoms with E-state index in [1.807, 2.05) is 0 Å². The summed E-state index contributed by atoms with van der Waals surface area (Å²) in [4.78, 5) is 0. The van der Waals surface area contributed by atoms with Crippen molar-refractivity contribution in [3.05, 3.63) is 35.4 Å². The second kappa shape index (κ2) is 8.31. The molecule has 0 spiro atoms. The van der Waals surface area contributed by atoms with Crippen molar-refractivity contribution < 1.29 is 0 Å². The van der Waals surface area contributed by atoms with Crippen molar-refractivity contribution in [2.75, 3.05) is 0 Å². The second-order valence-electron chi connectivity index (χ2n) is 5.44. The van der Waals surface area contributed by atoms with Crippen LogP contribution in [0.1, 0.15) is 70.0 Å². The van der Waals surface area contributed by atoms with Gasteiger partial charge < -0.3 is 5.32 Å². The molecule has 0 bridgehead atoms. The molecule has 0 heterocycles. The maximum absolute atomic E-state index is 3.76. The van der Waals surface area contributed by atoms with Gasteiger partial charge in [-0.2, -0.15) is 0 Å². The van der Waals surface area contributed by atoms with Gasteiger partial charge in [0.25, 0.3) is 0 Å². The maximum Gasteiger partial charge on any atom is 0.0319 e. The fourth-order valence-electron chi connectivity index (χ4n) is 2.38. The lowest BCUT2D eigenvalue weighted by Crippen LogP contribution is -2.30. The molecule has 0 aliphatic carbocycles. The van der Waals surface area contributed by atoms with Crippen LogP contribution in [0.15, 0.2) is 24.3 Å². The van der Waals surface area contributed by atoms with Gasteiger partial charge in [-0.25, -0.2) is 0 Å². The topological polar surface area (TPSA) is 12.0 Å². The van der Waals surface area contributed by atoms with Crippen LogP contribution in [-0.4, -0.2) is 6.04 Å². The number of benzene rings is 1. The smallest absolute Gasteiger partial charge is 0.0319 e. The monoisotopic (exact) mass is 247 g/mol. The van der Waals surface area contributed by atoms with Crippen LogP contribution in [0.5, 0.6) is 0 Å². The third-order valence-electron chi connectivity index (χ3n) is 3.61. The number of hydrogen-bond acceptors (Lipinski definition) is 1. The molecule has 1 nitrogen and oxygen atoms in total. The molecule has 0 fully saturated rings. The quantitative estimate of drug-likeness (QED) is 0.637. The molecule has 1 aromatic carbocycles. The van der Waals surface area contributed by atoms with Gasteiger partial charge in [-0.05, 0) is 32.3 Å². The molecule has 0 radical (unpaired) electrons. The van der Waals surface area contributed by atoms with E-state index in [2.05, 4.69) is 57.3 Å². The lowest BCUT2D eigenvalue weighted by Gasteiger charge is -2.23. The minimum atomic E-state index is 0.502. The van der Waals surface area contributed by atoms with E-state index in [1.54, 1.807) is 0 Å². The SMILES string of the molecule is CCCCCC(C)NC(CC)c1ccc(C)cc1. The zero-order valence-electron chi connectivity index (χ0n) is 12.5. The Morgan fingerprint density at radius 3 is 2.28 bits per heavy atom. The lowest BCUT2D eigenvalue weighted by atomic mass is 10.0. The van der Waals surface area contributed by atoms with Crippen LogP contribution in [0.25, 0.3) is 0 Å². The van der Waals surface area contributed by atoms with Crippen molar-refractivity contribution in [1.29, 1.82) is 0 Å². The predicted octanol–water partition coefficient (Wildman–Crippen LogP) is 5.00. The van der Waals surface area contributed by atoms with E-state index in [4.69, 9.17) is 0 Å². The Bertz CT molecular complexity index is 315. The zero-order valence-corrected chi connectivity index (χ0v) is 12.5. The van der Waals surface area contributed by atoms with Crippen molar-refractivity contribution >= 4 is 0 Å². The average Bonchev–Trinajstić information content (AvgIpc) is 2.37. The van der Waals surface area contributed by atoms with Crippen LogP contribution in [0.2, 0.25) is 0 Å². The van der Waals surface area contributed by atoms with Crippen LogP contribution >= 0.6 is 0 Å². The molecule has 102 valence electrons. The van der Waals surface area contributed by atoms with Gasteiger partial charge in [-0.3, -0.25) is 0 Å². The Balaban J connectivity index is 2.48. The first kappa shape index (κ1) is 15.2. The number of aryl methyl sites for hydroxylation is 1. The van der Waals surface area contributed by atoms with Crippen molar-refractivity contribution in [1.82, 2.24) is 5.32 Å². The summed E-state index contributed by atoms with van der Waals surface area (Å²) in [6, 6.07) is 10.1. The lowest BCUT2D eigenvalue weighted by molar-refractivity contribution is 0.415. The predicted molar refractivity (Wildman–Crippen MR) is 81.0 cm³/mol. The van der Waals surface area contributed by atoms with Gasteiger partial charge in [0, 0.05) is 12.1 Å². The fourth-order valence-corrected chi connectivity index (χ4v) is 2.38. The number of rotatable bonds is 8. The molecule has 0 saturated heterocycles. The highest BCUT2D eigenvalue weighted by atomic mass is 14.9. The van der Waals surface area contributed by atoms with E-state index in [1.165, 1.54) is 36.8 Å². The first-order valence-corrected chi connectivity index (χ1v) is 7.50. The van der Waals surface area contributed by atoms with Crippen LogP contribution in [0.4, 0.5) is 0 Å². The first-order chi connectivity index (χ1) is 8.67. The summed E-state index contributed by atoms with van der Waals surface area (Å²) in [7, 11) is 0. The van der Waals surface area contributed by atoms with Crippen molar-refractivity contribution in [3.63, 3.8) is 0 Å². The zero-order chi connectivity index (χ0) is 13.4. The normalized spacial score (nSPS) is 14.4. The highest BCUT2D eigenvalue weighted by Gasteiger charge is 2.11. The summed E-state index contributed by atoms with van der Waals surface area (Å²) in [5.41, 5.74) is 2.76. The maximum atomic E-state index is 3.76. The molecule has 0 aromatic heterocycles. The number of hydrogen-bond donors (Lipinski definition) is 1. The Morgan fingerprint density at radius 1 is 1.06 bits per heavy atom. The van der Waals surface area contributed by atoms with Crippen molar-refractivity contribution in [2.45, 2.75) is 71.9 Å². The molecule has 2 atom stereocenters. The molecule has 0 amide bonds. The second-order valence-corrected chi connectivity index (χ2v) is 5.44. The summed E-state index contributed by atoms with van der Waals surface area (Å²) in [5, 5.41) is 3.76. The summed E-state index contributed by atoms with van der Waals surface area (Å²) in [6.07, 6.45) is 6.45. The molecular weight excluding hydrogens is 218 g/mol. The molecule has 0 aliphatic heterocycles. The molecule has 2 unspecified atom stereocenters. The minimum Gasteiger partial charge on any atom is -0.307 e. The first-order valence-electron chi connectivity index (χ1n) is 7.50. The van der Waals surface area contributed by atoms with Gasteiger partial charge in [0.2, 0.25) is 0 Å². The van der Waals surface area contributed by atoms with Gasteiger partial charge in [0.05, 0.1) is 0 Å². The standard InChI is InChI=1S/C17H29N/c1-5-7-8-9-15(4)18-17(6-2)16-12-10-14(3)11-13-16/h10-13,15,17-18H,5-9H2,1-4H3. The molecule has 1 N–H and O–H groups in total. The van der Waals surface area contributed by atoms with Crippen LogP contribution in [0, 0.1) is 6.92 Å². The van der Waals surface area contributed by atoms with E-state index >= 15 is 0 Å². The van der Waals surface area contributed by atoms with E-state index in [-0.39, 0.29) is 0 Å². The molecule has 1 aromatic rings. The summed E-state index contributed by atoms with van der Waals surface area (Å²) in [5.74, 6) is 0. The minimum absolute atomic E-state index is 0.502. The van der Waals surface area contributed by atoms with Gasteiger partial charge in [-0.15, -0.1) is 0 Å². The van der Waals surface area contributed by atoms with Crippen molar-refractivity contribution in [2.24, 2.45) is 0 Å². The Labute approximate surface area is 113 Å². The average molecular weight is 247 g/mol. The van der Waals surface area contributed by atoms with Crippen molar-refractivity contribution in [3.8, 4) is 0 Å². The summed E-state index contributed by atoms with van der Waals surface area (Å²) < 4.78 is 0. The van der Waals surface area contributed by atoms with Crippen LogP contribution < -0.4 is 5.32 Å². The van der Waals surface area contributed by atoms with E-state index in [0.717, 1.165) is 6.42 Å². The van der Waals surface area contributed by atoms with E-state index in [9.17, 15) is 0 Å². The highest BCUT2D eigenvalue weighted by molar-refractivity contribution is 5.24. The van der Waals surface area contributed by atoms with Gasteiger partial charge in [0.15, 0.2) is 0 Å². The molecule has 0 saturated carbocycles. The van der Waals surface area contributed by atoms with Gasteiger partial charge >= 0.3 is 0 Å². The number of nitrogens with one attached hydrogen (secondary N) is 1. The van der Waals surface area contributed by atoms with E-state index < -0.39 is 0 Å². The summed E-state index contributed by atoms with van der Waals surface area (Å²) >= 11 is 0. The third kappa shape index (κ3) is 5.22. The molecule has 18 heavy (non-hydrogen) atoms. The van der Waals surface area contributed by atoms with E-state index in [0.29, 0.717) is 12.1 Å². The largest absolute Gasteiger partial charge is 0.307 e. The van der Waals surface area contributed by atoms with Crippen LogP contribution in [0.3, 0.4) is 0 Å². The fraction of sp³-hybridized carbons (Fsp3) is 0.647. The molecule has 1 rings (SSSR count). The molecule has 1 heteroatoms. The highest BCUT2D eigenvalue weighted by Crippen LogP contribution is 2.18. The molecular formula is C17H29N. The van der Waals surface area contributed by atoms with Crippen LogP contribution in [-0.2, 0) is 0 Å². The van der Waals surface area contributed by atoms with Gasteiger partial charge in [0.1, 0.15) is 0 Å². The molecule has 0 aliphatic rings. The van der Waals surface area contributed by atoms with Gasteiger partial charge in [-0.1, -0.05) is 62.9 Å².